The highest BCUT2D eigenvalue weighted by molar-refractivity contribution is 6.31. The Balaban J connectivity index is 1.67. The van der Waals surface area contributed by atoms with Crippen molar-refractivity contribution in [2.45, 2.75) is 18.9 Å². The molecule has 32 heavy (non-hydrogen) atoms. The maximum absolute atomic E-state index is 13.4. The third-order valence-electron chi connectivity index (χ3n) is 5.77. The fourth-order valence-electron chi connectivity index (χ4n) is 4.21. The molecular formula is C25H24ClN5O. The number of rotatable bonds is 6. The molecule has 2 heterocycles. The van der Waals surface area contributed by atoms with E-state index in [2.05, 4.69) is 10.6 Å². The van der Waals surface area contributed by atoms with Crippen LogP contribution in [0.2, 0.25) is 5.02 Å². The van der Waals surface area contributed by atoms with Gasteiger partial charge < -0.3 is 20.9 Å². The Kier molecular flexibility index (Phi) is 5.55. The normalized spacial score (nSPS) is 15.1. The number of imidazole rings is 1. The first-order chi connectivity index (χ1) is 15.6. The van der Waals surface area contributed by atoms with Gasteiger partial charge in [-0.1, -0.05) is 41.9 Å². The van der Waals surface area contributed by atoms with Gasteiger partial charge in [0.1, 0.15) is 11.9 Å². The van der Waals surface area contributed by atoms with Crippen LogP contribution in [0.5, 0.6) is 0 Å². The average Bonchev–Trinajstić information content (AvgIpc) is 3.12. The first-order valence-corrected chi connectivity index (χ1v) is 11.1. The fourth-order valence-corrected chi connectivity index (χ4v) is 4.38. The van der Waals surface area contributed by atoms with Crippen LogP contribution in [0.1, 0.15) is 18.0 Å². The van der Waals surface area contributed by atoms with Crippen LogP contribution in [0.4, 0.5) is 11.4 Å². The van der Waals surface area contributed by atoms with Gasteiger partial charge in [0, 0.05) is 29.2 Å². The number of benzene rings is 3. The summed E-state index contributed by atoms with van der Waals surface area (Å²) in [5.74, 6) is 0.677. The van der Waals surface area contributed by atoms with E-state index in [1.54, 1.807) is 0 Å². The molecule has 4 aromatic rings. The van der Waals surface area contributed by atoms with Crippen molar-refractivity contribution in [2.75, 3.05) is 23.7 Å². The standard InChI is InChI=1S/C25H24ClN5O/c26-17-7-9-21-22(14-17)31-23(13-16-5-2-1-3-6-16)25(32)30-20-10-8-18(28-12-4-11-27)15-19(20)24(31)29-21/h1-3,5-10,14-15,23,28H,4,11-13,27H2,(H,30,32). The second-order valence-electron chi connectivity index (χ2n) is 7.96. The van der Waals surface area contributed by atoms with Crippen molar-refractivity contribution in [2.24, 2.45) is 5.73 Å². The summed E-state index contributed by atoms with van der Waals surface area (Å²) in [5, 5.41) is 7.13. The Morgan fingerprint density at radius 2 is 1.94 bits per heavy atom. The lowest BCUT2D eigenvalue weighted by Crippen LogP contribution is -2.26. The van der Waals surface area contributed by atoms with E-state index in [1.165, 1.54) is 0 Å². The van der Waals surface area contributed by atoms with Crippen molar-refractivity contribution in [3.05, 3.63) is 77.3 Å². The topological polar surface area (TPSA) is 85.0 Å². The van der Waals surface area contributed by atoms with Crippen LogP contribution in [0.15, 0.2) is 66.7 Å². The van der Waals surface area contributed by atoms with Gasteiger partial charge >= 0.3 is 0 Å². The maximum atomic E-state index is 13.4. The van der Waals surface area contributed by atoms with Gasteiger partial charge in [0.15, 0.2) is 0 Å². The number of hydrogen-bond acceptors (Lipinski definition) is 4. The van der Waals surface area contributed by atoms with Crippen LogP contribution in [-0.2, 0) is 11.2 Å². The number of hydrogen-bond donors (Lipinski definition) is 3. The van der Waals surface area contributed by atoms with E-state index in [4.69, 9.17) is 22.3 Å². The SMILES string of the molecule is NCCCNc1ccc2c(c1)-c1nc3ccc(Cl)cc3n1C(Cc1ccccc1)C(=O)N2. The molecule has 5 rings (SSSR count). The number of fused-ring (bicyclic) bond motifs is 5. The molecule has 162 valence electrons. The second-order valence-corrected chi connectivity index (χ2v) is 8.40. The van der Waals surface area contributed by atoms with Crippen molar-refractivity contribution < 1.29 is 4.79 Å². The highest BCUT2D eigenvalue weighted by Gasteiger charge is 2.31. The number of nitrogens with one attached hydrogen (secondary N) is 2. The van der Waals surface area contributed by atoms with E-state index in [-0.39, 0.29) is 5.91 Å². The summed E-state index contributed by atoms with van der Waals surface area (Å²) in [6.45, 7) is 1.41. The van der Waals surface area contributed by atoms with Gasteiger partial charge in [-0.25, -0.2) is 4.98 Å². The van der Waals surface area contributed by atoms with E-state index in [1.807, 2.05) is 71.3 Å². The first kappa shape index (κ1) is 20.5. The molecule has 1 amide bonds. The summed E-state index contributed by atoms with van der Waals surface area (Å²) in [5.41, 5.74) is 10.9. The minimum Gasteiger partial charge on any atom is -0.385 e. The van der Waals surface area contributed by atoms with Crippen LogP contribution >= 0.6 is 11.6 Å². The number of nitrogens with two attached hydrogens (primary N) is 1. The molecule has 1 aromatic heterocycles. The number of carbonyl (C=O) groups excluding carboxylic acids is 1. The van der Waals surface area contributed by atoms with Gasteiger partial charge in [0.25, 0.3) is 0 Å². The lowest BCUT2D eigenvalue weighted by Gasteiger charge is -2.18. The van der Waals surface area contributed by atoms with Gasteiger partial charge in [-0.3, -0.25) is 4.79 Å². The Bertz CT molecular complexity index is 1280. The largest absolute Gasteiger partial charge is 0.385 e. The summed E-state index contributed by atoms with van der Waals surface area (Å²) in [6, 6.07) is 21.1. The Labute approximate surface area is 191 Å². The first-order valence-electron chi connectivity index (χ1n) is 10.7. The summed E-state index contributed by atoms with van der Waals surface area (Å²) < 4.78 is 2.03. The molecule has 1 aliphatic heterocycles. The zero-order chi connectivity index (χ0) is 22.1. The Hall–Kier alpha value is -3.35. The van der Waals surface area contributed by atoms with Gasteiger partial charge in [-0.2, -0.15) is 0 Å². The van der Waals surface area contributed by atoms with E-state index in [9.17, 15) is 4.79 Å². The van der Waals surface area contributed by atoms with Gasteiger partial charge in [-0.05, 0) is 54.9 Å². The number of aromatic nitrogens is 2. The molecule has 0 radical (unpaired) electrons. The second kappa shape index (κ2) is 8.65. The predicted molar refractivity (Wildman–Crippen MR) is 130 cm³/mol. The number of amides is 1. The van der Waals surface area contributed by atoms with Crippen LogP contribution in [0, 0.1) is 0 Å². The minimum absolute atomic E-state index is 0.0723. The highest BCUT2D eigenvalue weighted by atomic mass is 35.5. The van der Waals surface area contributed by atoms with Crippen molar-refractivity contribution in [1.29, 1.82) is 0 Å². The van der Waals surface area contributed by atoms with Gasteiger partial charge in [0.05, 0.1) is 16.7 Å². The molecule has 0 saturated carbocycles. The highest BCUT2D eigenvalue weighted by Crippen LogP contribution is 2.39. The van der Waals surface area contributed by atoms with Crippen LogP contribution in [-0.4, -0.2) is 28.5 Å². The van der Waals surface area contributed by atoms with Crippen molar-refractivity contribution in [3.63, 3.8) is 0 Å². The molecule has 1 aliphatic rings. The minimum atomic E-state index is -0.461. The molecule has 7 heteroatoms. The van der Waals surface area contributed by atoms with Crippen LogP contribution in [0.3, 0.4) is 0 Å². The zero-order valence-electron chi connectivity index (χ0n) is 17.5. The van der Waals surface area contributed by atoms with Crippen molar-refractivity contribution in [3.8, 4) is 11.4 Å². The number of nitrogens with zero attached hydrogens (tertiary/aromatic N) is 2. The van der Waals surface area contributed by atoms with Gasteiger partial charge in [0.2, 0.25) is 5.91 Å². The Morgan fingerprint density at radius 1 is 1.09 bits per heavy atom. The fraction of sp³-hybridized carbons (Fsp3) is 0.200. The quantitative estimate of drug-likeness (QED) is 0.370. The van der Waals surface area contributed by atoms with E-state index in [0.29, 0.717) is 18.0 Å². The summed E-state index contributed by atoms with van der Waals surface area (Å²) in [7, 11) is 0. The predicted octanol–water partition coefficient (Wildman–Crippen LogP) is 4.85. The molecule has 0 fully saturated rings. The molecule has 1 atom stereocenters. The maximum Gasteiger partial charge on any atom is 0.247 e. The summed E-state index contributed by atoms with van der Waals surface area (Å²) >= 11 is 6.34. The number of anilines is 2. The smallest absolute Gasteiger partial charge is 0.247 e. The molecular weight excluding hydrogens is 422 g/mol. The molecule has 6 nitrogen and oxygen atoms in total. The monoisotopic (exact) mass is 445 g/mol. The van der Waals surface area contributed by atoms with Crippen LogP contribution < -0.4 is 16.4 Å². The average molecular weight is 446 g/mol. The van der Waals surface area contributed by atoms with Crippen molar-refractivity contribution in [1.82, 2.24) is 9.55 Å². The van der Waals surface area contributed by atoms with E-state index >= 15 is 0 Å². The zero-order valence-corrected chi connectivity index (χ0v) is 18.3. The summed E-state index contributed by atoms with van der Waals surface area (Å²) in [6.07, 6.45) is 1.43. The molecule has 0 bridgehead atoms. The Morgan fingerprint density at radius 3 is 2.75 bits per heavy atom. The number of halogens is 1. The third-order valence-corrected chi connectivity index (χ3v) is 6.00. The molecule has 0 aliphatic carbocycles. The lowest BCUT2D eigenvalue weighted by atomic mass is 10.0. The molecule has 4 N–H and O–H groups in total. The van der Waals surface area contributed by atoms with E-state index < -0.39 is 6.04 Å². The molecule has 1 unspecified atom stereocenters. The molecule has 3 aromatic carbocycles. The molecule has 0 saturated heterocycles. The van der Waals surface area contributed by atoms with Crippen LogP contribution in [0.25, 0.3) is 22.4 Å². The lowest BCUT2D eigenvalue weighted by molar-refractivity contribution is -0.119. The van der Waals surface area contributed by atoms with E-state index in [0.717, 1.165) is 52.3 Å². The van der Waals surface area contributed by atoms with Crippen molar-refractivity contribution >= 4 is 39.9 Å². The molecule has 0 spiro atoms. The van der Waals surface area contributed by atoms with Gasteiger partial charge in [-0.15, -0.1) is 0 Å². The third kappa shape index (κ3) is 3.83. The summed E-state index contributed by atoms with van der Waals surface area (Å²) in [4.78, 5) is 18.4. The number of carbonyl (C=O) groups is 1.